The molecular formula is C25H28F4N2O6. The number of hydrogen-bond donors (Lipinski definition) is 2. The number of aliphatic hydroxyl groups is 1. The summed E-state index contributed by atoms with van der Waals surface area (Å²) in [6.07, 6.45) is -9.11. The van der Waals surface area contributed by atoms with Crippen LogP contribution in [0.3, 0.4) is 0 Å². The average Bonchev–Trinajstić information content (AvgIpc) is 3.37. The Morgan fingerprint density at radius 1 is 1.03 bits per heavy atom. The van der Waals surface area contributed by atoms with Crippen molar-refractivity contribution >= 4 is 5.91 Å². The van der Waals surface area contributed by atoms with E-state index in [2.05, 4.69) is 19.7 Å². The fraction of sp³-hybridized carbons (Fsp3) is 0.480. The number of nitrogens with one attached hydrogen (secondary N) is 1. The van der Waals surface area contributed by atoms with E-state index in [1.165, 1.54) is 6.07 Å². The lowest BCUT2D eigenvalue weighted by Crippen LogP contribution is -2.52. The summed E-state index contributed by atoms with van der Waals surface area (Å²) < 4.78 is 73.1. The van der Waals surface area contributed by atoms with E-state index in [0.717, 1.165) is 38.1 Å². The van der Waals surface area contributed by atoms with Gasteiger partial charge in [-0.3, -0.25) is 4.79 Å². The summed E-state index contributed by atoms with van der Waals surface area (Å²) in [6.45, 7) is 1.94. The number of nitrogens with zero attached hydrogens (tertiary/aromatic N) is 1. The first-order chi connectivity index (χ1) is 17.6. The lowest BCUT2D eigenvalue weighted by molar-refractivity contribution is -0.391. The smallest absolute Gasteiger partial charge is 0.497 e. The molecule has 2 atom stereocenters. The molecule has 0 spiro atoms. The molecule has 0 aromatic heterocycles. The fourth-order valence-electron chi connectivity index (χ4n) is 4.18. The zero-order valence-electron chi connectivity index (χ0n) is 20.1. The molecule has 202 valence electrons. The number of rotatable bonds is 10. The monoisotopic (exact) mass is 528 g/mol. The van der Waals surface area contributed by atoms with Gasteiger partial charge in [0.1, 0.15) is 17.6 Å². The van der Waals surface area contributed by atoms with E-state index in [0.29, 0.717) is 18.0 Å². The summed E-state index contributed by atoms with van der Waals surface area (Å²) in [5.74, 6) is -0.379. The van der Waals surface area contributed by atoms with Crippen molar-refractivity contribution in [2.45, 2.75) is 43.6 Å². The third kappa shape index (κ3) is 6.37. The first-order valence-corrected chi connectivity index (χ1v) is 11.8. The quantitative estimate of drug-likeness (QED) is 0.455. The molecule has 1 fully saturated rings. The lowest BCUT2D eigenvalue weighted by atomic mass is 10.0. The molecule has 1 saturated heterocycles. The van der Waals surface area contributed by atoms with Crippen LogP contribution in [0.25, 0.3) is 0 Å². The molecule has 8 nitrogen and oxygen atoms in total. The van der Waals surface area contributed by atoms with Gasteiger partial charge in [-0.1, -0.05) is 6.07 Å². The average molecular weight is 528 g/mol. The van der Waals surface area contributed by atoms with Gasteiger partial charge in [0.15, 0.2) is 11.5 Å². The maximum atomic E-state index is 13.6. The summed E-state index contributed by atoms with van der Waals surface area (Å²) in [4.78, 5) is 14.7. The number of carbonyl (C=O) groups excluding carboxylic acids is 1. The molecule has 1 amide bonds. The molecule has 2 N–H and O–H groups in total. The van der Waals surface area contributed by atoms with Gasteiger partial charge in [-0.05, 0) is 67.9 Å². The molecule has 2 aliphatic heterocycles. The number of amides is 1. The first kappa shape index (κ1) is 26.8. The SMILES string of the molecule is COc1ccc(OCCC(=O)NC(CN2CCCC2)C(O)c2ccc3c(c2)OC(F)(F)C(F)(F)O3)cc1. The van der Waals surface area contributed by atoms with Crippen LogP contribution >= 0.6 is 0 Å². The highest BCUT2D eigenvalue weighted by molar-refractivity contribution is 5.76. The Morgan fingerprint density at radius 2 is 1.65 bits per heavy atom. The van der Waals surface area contributed by atoms with Gasteiger partial charge in [0.05, 0.1) is 26.2 Å². The van der Waals surface area contributed by atoms with Crippen molar-refractivity contribution in [3.63, 3.8) is 0 Å². The molecule has 37 heavy (non-hydrogen) atoms. The van der Waals surface area contributed by atoms with Gasteiger partial charge >= 0.3 is 12.2 Å². The van der Waals surface area contributed by atoms with Crippen molar-refractivity contribution in [2.75, 3.05) is 33.4 Å². The third-order valence-electron chi connectivity index (χ3n) is 6.16. The number of halogens is 4. The lowest BCUT2D eigenvalue weighted by Gasteiger charge is -2.33. The van der Waals surface area contributed by atoms with Gasteiger partial charge in [-0.2, -0.15) is 17.6 Å². The Labute approximate surface area is 211 Å². The molecule has 2 aliphatic rings. The van der Waals surface area contributed by atoms with Crippen LogP contribution in [0.2, 0.25) is 0 Å². The van der Waals surface area contributed by atoms with E-state index >= 15 is 0 Å². The predicted molar refractivity (Wildman–Crippen MR) is 123 cm³/mol. The Morgan fingerprint density at radius 3 is 2.30 bits per heavy atom. The fourth-order valence-corrected chi connectivity index (χ4v) is 4.18. The molecule has 2 aromatic rings. The molecule has 0 aliphatic carbocycles. The van der Waals surface area contributed by atoms with Gasteiger partial charge in [0, 0.05) is 6.54 Å². The molecule has 2 unspecified atom stereocenters. The zero-order valence-corrected chi connectivity index (χ0v) is 20.1. The minimum Gasteiger partial charge on any atom is -0.497 e. The van der Waals surface area contributed by atoms with Crippen LogP contribution in [-0.4, -0.2) is 67.5 Å². The summed E-state index contributed by atoms with van der Waals surface area (Å²) in [5, 5.41) is 13.8. The van der Waals surface area contributed by atoms with Crippen LogP contribution in [-0.2, 0) is 4.79 Å². The number of benzene rings is 2. The molecule has 2 aromatic carbocycles. The minimum absolute atomic E-state index is 0.00229. The maximum Gasteiger partial charge on any atom is 0.507 e. The van der Waals surface area contributed by atoms with E-state index in [4.69, 9.17) is 9.47 Å². The van der Waals surface area contributed by atoms with Crippen LogP contribution in [0.15, 0.2) is 42.5 Å². The second-order valence-electron chi connectivity index (χ2n) is 8.84. The largest absolute Gasteiger partial charge is 0.507 e. The maximum absolute atomic E-state index is 13.6. The molecule has 4 rings (SSSR count). The van der Waals surface area contributed by atoms with Crippen molar-refractivity contribution in [1.29, 1.82) is 0 Å². The van der Waals surface area contributed by atoms with Crippen molar-refractivity contribution < 1.29 is 46.4 Å². The second-order valence-corrected chi connectivity index (χ2v) is 8.84. The Bertz CT molecular complexity index is 1080. The number of ether oxygens (including phenoxy) is 4. The number of carbonyl (C=O) groups is 1. The molecule has 0 radical (unpaired) electrons. The van der Waals surface area contributed by atoms with Gasteiger partial charge in [0.25, 0.3) is 0 Å². The van der Waals surface area contributed by atoms with E-state index in [9.17, 15) is 27.5 Å². The predicted octanol–water partition coefficient (Wildman–Crippen LogP) is 3.74. The van der Waals surface area contributed by atoms with Crippen LogP contribution in [0.4, 0.5) is 17.6 Å². The van der Waals surface area contributed by atoms with E-state index in [1.54, 1.807) is 31.4 Å². The standard InChI is InChI=1S/C25H28F4N2O6/c1-34-17-5-7-18(8-6-17)35-13-10-22(32)30-19(15-31-11-2-3-12-31)23(33)16-4-9-20-21(14-16)37-25(28,29)24(26,27)36-20/h4-9,14,19,23,33H,2-3,10-13,15H2,1H3,(H,30,32). The Kier molecular flexibility index (Phi) is 7.98. The molecule has 2 heterocycles. The topological polar surface area (TPSA) is 89.5 Å². The second kappa shape index (κ2) is 11.0. The number of fused-ring (bicyclic) bond motifs is 1. The van der Waals surface area contributed by atoms with Crippen molar-refractivity contribution in [3.8, 4) is 23.0 Å². The third-order valence-corrected chi connectivity index (χ3v) is 6.16. The first-order valence-electron chi connectivity index (χ1n) is 11.8. The zero-order chi connectivity index (χ0) is 26.6. The van der Waals surface area contributed by atoms with E-state index in [1.807, 2.05) is 0 Å². The molecule has 12 heteroatoms. The number of aliphatic hydroxyl groups excluding tert-OH is 1. The Hall–Kier alpha value is -3.25. The Balaban J connectivity index is 1.42. The summed E-state index contributed by atoms with van der Waals surface area (Å²) in [5.41, 5.74) is 0.0994. The van der Waals surface area contributed by atoms with Crippen LogP contribution in [0.1, 0.15) is 30.9 Å². The van der Waals surface area contributed by atoms with Crippen molar-refractivity contribution in [2.24, 2.45) is 0 Å². The van der Waals surface area contributed by atoms with Crippen LogP contribution in [0, 0.1) is 0 Å². The number of likely N-dealkylation sites (tertiary alicyclic amines) is 1. The van der Waals surface area contributed by atoms with E-state index in [-0.39, 0.29) is 24.5 Å². The normalized spacial score (nSPS) is 19.6. The van der Waals surface area contributed by atoms with Gasteiger partial charge < -0.3 is 34.3 Å². The van der Waals surface area contributed by atoms with Crippen molar-refractivity contribution in [3.05, 3.63) is 48.0 Å². The highest BCUT2D eigenvalue weighted by Gasteiger charge is 2.66. The molecule has 0 saturated carbocycles. The van der Waals surface area contributed by atoms with Crippen LogP contribution < -0.4 is 24.3 Å². The highest BCUT2D eigenvalue weighted by atomic mass is 19.3. The number of hydrogen-bond acceptors (Lipinski definition) is 7. The van der Waals surface area contributed by atoms with Crippen molar-refractivity contribution in [1.82, 2.24) is 10.2 Å². The van der Waals surface area contributed by atoms with Crippen LogP contribution in [0.5, 0.6) is 23.0 Å². The van der Waals surface area contributed by atoms with E-state index < -0.39 is 35.9 Å². The van der Waals surface area contributed by atoms with Gasteiger partial charge in [0.2, 0.25) is 5.91 Å². The summed E-state index contributed by atoms with van der Waals surface area (Å²) in [7, 11) is 1.55. The highest BCUT2D eigenvalue weighted by Crippen LogP contribution is 2.47. The molecular weight excluding hydrogens is 500 g/mol. The molecule has 0 bridgehead atoms. The minimum atomic E-state index is -4.88. The number of methoxy groups -OCH3 is 1. The summed E-state index contributed by atoms with van der Waals surface area (Å²) >= 11 is 0. The summed E-state index contributed by atoms with van der Waals surface area (Å²) in [6, 6.07) is 9.35. The number of alkyl halides is 4. The van der Waals surface area contributed by atoms with Gasteiger partial charge in [-0.25, -0.2) is 0 Å². The van der Waals surface area contributed by atoms with Gasteiger partial charge in [-0.15, -0.1) is 0 Å².